The zero-order valence-corrected chi connectivity index (χ0v) is 29.5. The smallest absolute Gasteiger partial charge is 0.410 e. The van der Waals surface area contributed by atoms with Crippen molar-refractivity contribution >= 4 is 52.1 Å². The summed E-state index contributed by atoms with van der Waals surface area (Å²) < 4.78 is 41.5. The van der Waals surface area contributed by atoms with E-state index in [4.69, 9.17) is 47.2 Å². The number of aromatic nitrogens is 4. The number of hydrogen-bond donors (Lipinski definition) is 0. The van der Waals surface area contributed by atoms with Crippen molar-refractivity contribution in [3.05, 3.63) is 75.8 Å². The molecule has 2 atom stereocenters. The van der Waals surface area contributed by atoms with Gasteiger partial charge in [-0.15, -0.1) is 0 Å². The van der Waals surface area contributed by atoms with Crippen LogP contribution in [0.25, 0.3) is 22.8 Å². The van der Waals surface area contributed by atoms with E-state index in [2.05, 4.69) is 9.97 Å². The fourth-order valence-electron chi connectivity index (χ4n) is 5.98. The van der Waals surface area contributed by atoms with E-state index in [1.165, 1.54) is 24.7 Å². The van der Waals surface area contributed by atoms with Crippen molar-refractivity contribution in [1.29, 1.82) is 0 Å². The van der Waals surface area contributed by atoms with Crippen LogP contribution in [0.15, 0.2) is 48.9 Å². The molecular weight excluding hydrogens is 672 g/mol. The molecule has 2 aliphatic rings. The zero-order valence-electron chi connectivity index (χ0n) is 28.0. The van der Waals surface area contributed by atoms with E-state index in [0.717, 1.165) is 24.8 Å². The molecule has 1 unspecified atom stereocenters. The van der Waals surface area contributed by atoms with Crippen LogP contribution in [-0.2, 0) is 9.47 Å². The van der Waals surface area contributed by atoms with Crippen molar-refractivity contribution in [2.24, 2.45) is 0 Å². The minimum Gasteiger partial charge on any atom is -0.486 e. The largest absolute Gasteiger partial charge is 0.486 e. The average Bonchev–Trinajstić information content (AvgIpc) is 3.42. The highest BCUT2D eigenvalue weighted by Gasteiger charge is 2.28. The van der Waals surface area contributed by atoms with Gasteiger partial charge in [0.15, 0.2) is 6.23 Å². The van der Waals surface area contributed by atoms with Crippen LogP contribution >= 0.6 is 23.2 Å². The molecular formula is C36H40Cl2FN5O5. The predicted molar refractivity (Wildman–Crippen MR) is 187 cm³/mol. The van der Waals surface area contributed by atoms with Crippen LogP contribution in [0.4, 0.5) is 9.18 Å². The van der Waals surface area contributed by atoms with Gasteiger partial charge in [-0.05, 0) is 71.2 Å². The third-order valence-corrected chi connectivity index (χ3v) is 9.00. The minimum absolute atomic E-state index is 0.112. The summed E-state index contributed by atoms with van der Waals surface area (Å²) >= 11 is 12.7. The Hall–Kier alpha value is -3.93. The van der Waals surface area contributed by atoms with Gasteiger partial charge in [-0.1, -0.05) is 23.2 Å². The summed E-state index contributed by atoms with van der Waals surface area (Å²) in [6.45, 7) is 9.09. The van der Waals surface area contributed by atoms with Gasteiger partial charge in [0.2, 0.25) is 5.88 Å². The summed E-state index contributed by atoms with van der Waals surface area (Å²) in [6.07, 6.45) is 8.83. The second-order valence-electron chi connectivity index (χ2n) is 13.3. The molecule has 4 aromatic rings. The average molecular weight is 713 g/mol. The number of halogens is 3. The van der Waals surface area contributed by atoms with Gasteiger partial charge in [-0.2, -0.15) is 5.10 Å². The van der Waals surface area contributed by atoms with Gasteiger partial charge in [-0.25, -0.2) is 18.9 Å². The molecule has 13 heteroatoms. The highest BCUT2D eigenvalue weighted by molar-refractivity contribution is 6.35. The van der Waals surface area contributed by atoms with Crippen molar-refractivity contribution in [3.8, 4) is 11.6 Å². The highest BCUT2D eigenvalue weighted by Crippen LogP contribution is 2.36. The molecule has 2 saturated heterocycles. The second-order valence-corrected chi connectivity index (χ2v) is 14.1. The highest BCUT2D eigenvalue weighted by atomic mass is 35.5. The summed E-state index contributed by atoms with van der Waals surface area (Å²) in [6, 6.07) is 8.86. The van der Waals surface area contributed by atoms with Crippen LogP contribution in [0.1, 0.15) is 89.0 Å². The lowest BCUT2D eigenvalue weighted by Gasteiger charge is -2.33. The Bertz CT molecular complexity index is 1790. The number of carbonyl (C=O) groups is 1. The molecule has 10 nitrogen and oxygen atoms in total. The molecule has 49 heavy (non-hydrogen) atoms. The van der Waals surface area contributed by atoms with Crippen LogP contribution in [0.2, 0.25) is 10.0 Å². The van der Waals surface area contributed by atoms with Gasteiger partial charge < -0.3 is 23.8 Å². The molecule has 0 saturated carbocycles. The van der Waals surface area contributed by atoms with E-state index in [1.54, 1.807) is 17.0 Å². The second kappa shape index (κ2) is 14.9. The lowest BCUT2D eigenvalue weighted by atomic mass is 10.1. The van der Waals surface area contributed by atoms with Gasteiger partial charge in [0.25, 0.3) is 0 Å². The monoisotopic (exact) mass is 711 g/mol. The number of amides is 1. The van der Waals surface area contributed by atoms with Crippen molar-refractivity contribution in [2.75, 3.05) is 19.7 Å². The summed E-state index contributed by atoms with van der Waals surface area (Å²) in [5.41, 5.74) is 1.59. The van der Waals surface area contributed by atoms with E-state index < -0.39 is 17.5 Å². The molecule has 5 heterocycles. The number of benzene rings is 1. The fourth-order valence-corrected chi connectivity index (χ4v) is 6.65. The van der Waals surface area contributed by atoms with Crippen molar-refractivity contribution in [1.82, 2.24) is 24.6 Å². The Labute approximate surface area is 295 Å². The van der Waals surface area contributed by atoms with Gasteiger partial charge in [0, 0.05) is 79.8 Å². The molecule has 6 rings (SSSR count). The summed E-state index contributed by atoms with van der Waals surface area (Å²) in [5, 5.41) is 6.32. The summed E-state index contributed by atoms with van der Waals surface area (Å²) in [4.78, 5) is 22.5. The maximum atomic E-state index is 15.8. The molecule has 2 fully saturated rings. The van der Waals surface area contributed by atoms with Crippen LogP contribution in [0.3, 0.4) is 0 Å². The van der Waals surface area contributed by atoms with Crippen molar-refractivity contribution in [2.45, 2.75) is 83.8 Å². The molecule has 2 aliphatic heterocycles. The standard InChI is InChI=1S/C36H40Cl2FN5O5/c1-22(34-27(37)20-40-21-28(34)38)47-25-9-10-31-26(17-25)30(42-44(31)33-7-5-6-16-46-33)18-29(39)23-8-11-32(41-19-23)48-24-12-14-43(15-13-24)35(45)49-36(2,3)4/h8-11,17-22,24,33H,5-7,12-16H2,1-4H3/b29-18-/t22-,33?/m1/s1. The number of rotatable bonds is 8. The Balaban J connectivity index is 1.19. The number of nitrogens with zero attached hydrogens (tertiary/aromatic N) is 5. The number of carbonyl (C=O) groups excluding carboxylic acids is 1. The lowest BCUT2D eigenvalue weighted by molar-refractivity contribution is -0.0367. The van der Waals surface area contributed by atoms with Gasteiger partial charge in [0.1, 0.15) is 29.4 Å². The van der Waals surface area contributed by atoms with E-state index in [1.807, 2.05) is 50.6 Å². The van der Waals surface area contributed by atoms with Gasteiger partial charge in [0.05, 0.1) is 21.3 Å². The SMILES string of the molecule is C[C@@H](Oc1ccc2c(c1)c(/C=C(\F)c1ccc(OC3CCN(C(=O)OC(C)(C)C)CC3)nc1)nn2C1CCCCO1)c1c(Cl)cncc1Cl. The van der Waals surface area contributed by atoms with Gasteiger partial charge >= 0.3 is 6.09 Å². The van der Waals surface area contributed by atoms with Crippen LogP contribution < -0.4 is 9.47 Å². The molecule has 0 aliphatic carbocycles. The summed E-state index contributed by atoms with van der Waals surface area (Å²) in [5.74, 6) is 0.431. The Morgan fingerprint density at radius 1 is 1.06 bits per heavy atom. The Kier molecular flexibility index (Phi) is 10.6. The molecule has 0 bridgehead atoms. The molecule has 1 amide bonds. The van der Waals surface area contributed by atoms with Crippen LogP contribution in [0, 0.1) is 0 Å². The first kappa shape index (κ1) is 34.9. The molecule has 0 N–H and O–H groups in total. The Morgan fingerprint density at radius 3 is 2.47 bits per heavy atom. The third-order valence-electron chi connectivity index (χ3n) is 8.40. The lowest BCUT2D eigenvalue weighted by Crippen LogP contribution is -2.44. The van der Waals surface area contributed by atoms with E-state index >= 15 is 4.39 Å². The third kappa shape index (κ3) is 8.45. The fraction of sp³-hybridized carbons (Fsp3) is 0.444. The van der Waals surface area contributed by atoms with E-state index in [0.29, 0.717) is 70.9 Å². The van der Waals surface area contributed by atoms with Crippen molar-refractivity contribution in [3.63, 3.8) is 0 Å². The first-order chi connectivity index (χ1) is 23.4. The molecule has 0 radical (unpaired) electrons. The Morgan fingerprint density at radius 2 is 1.82 bits per heavy atom. The minimum atomic E-state index is -0.544. The molecule has 3 aromatic heterocycles. The molecule has 1 aromatic carbocycles. The topological polar surface area (TPSA) is 101 Å². The van der Waals surface area contributed by atoms with E-state index in [-0.39, 0.29) is 24.0 Å². The van der Waals surface area contributed by atoms with E-state index in [9.17, 15) is 4.79 Å². The number of likely N-dealkylation sites (tertiary alicyclic amines) is 1. The maximum absolute atomic E-state index is 15.8. The normalized spacial score (nSPS) is 18.4. The summed E-state index contributed by atoms with van der Waals surface area (Å²) in [7, 11) is 0. The van der Waals surface area contributed by atoms with Crippen molar-refractivity contribution < 1.29 is 28.1 Å². The number of ether oxygens (including phenoxy) is 4. The maximum Gasteiger partial charge on any atom is 0.410 e. The number of piperidine rings is 1. The van der Waals surface area contributed by atoms with Crippen LogP contribution in [0.5, 0.6) is 11.6 Å². The number of pyridine rings is 2. The zero-order chi connectivity index (χ0) is 34.7. The quantitative estimate of drug-likeness (QED) is 0.178. The van der Waals surface area contributed by atoms with Crippen LogP contribution in [-0.4, -0.2) is 62.1 Å². The molecule has 0 spiro atoms. The first-order valence-corrected chi connectivity index (χ1v) is 17.3. The van der Waals surface area contributed by atoms with Gasteiger partial charge in [-0.3, -0.25) is 4.98 Å². The number of fused-ring (bicyclic) bond motifs is 1. The first-order valence-electron chi connectivity index (χ1n) is 16.5. The predicted octanol–water partition coefficient (Wildman–Crippen LogP) is 9.22. The molecule has 260 valence electrons. The number of hydrogen-bond acceptors (Lipinski definition) is 8.